The van der Waals surface area contributed by atoms with Gasteiger partial charge in [-0.05, 0) is 24.5 Å². The lowest BCUT2D eigenvalue weighted by Gasteiger charge is -2.27. The van der Waals surface area contributed by atoms with E-state index in [2.05, 4.69) is 10.6 Å². The van der Waals surface area contributed by atoms with E-state index in [4.69, 9.17) is 4.74 Å². The molecule has 32 heavy (non-hydrogen) atoms. The fraction of sp³-hybridized carbons (Fsp3) is 0.571. The first-order chi connectivity index (χ1) is 15.3. The lowest BCUT2D eigenvalue weighted by molar-refractivity contribution is -0.131. The van der Waals surface area contributed by atoms with E-state index in [0.29, 0.717) is 31.6 Å². The molecule has 2 saturated heterocycles. The van der Waals surface area contributed by atoms with Crippen LogP contribution in [0.3, 0.4) is 0 Å². The molecule has 3 fully saturated rings. The van der Waals surface area contributed by atoms with Crippen LogP contribution in [0.5, 0.6) is 0 Å². The molecule has 2 aliphatic heterocycles. The molecule has 4 amide bonds. The minimum Gasteiger partial charge on any atom is -0.379 e. The highest BCUT2D eigenvalue weighted by Crippen LogP contribution is 2.35. The normalized spacial score (nSPS) is 21.2. The molecule has 3 aliphatic rings. The quantitative estimate of drug-likeness (QED) is 0.569. The van der Waals surface area contributed by atoms with Crippen LogP contribution in [0.2, 0.25) is 0 Å². The molecule has 0 unspecified atom stereocenters. The highest BCUT2D eigenvalue weighted by molar-refractivity contribution is 7.89. The Kier molecular flexibility index (Phi) is 6.50. The van der Waals surface area contributed by atoms with E-state index in [1.165, 1.54) is 10.4 Å². The maximum absolute atomic E-state index is 13.0. The van der Waals surface area contributed by atoms with Gasteiger partial charge in [-0.1, -0.05) is 31.0 Å². The van der Waals surface area contributed by atoms with Crippen LogP contribution in [0.25, 0.3) is 0 Å². The monoisotopic (exact) mass is 464 g/mol. The van der Waals surface area contributed by atoms with Crippen molar-refractivity contribution >= 4 is 27.9 Å². The lowest BCUT2D eigenvalue weighted by Crippen LogP contribution is -2.44. The number of morpholine rings is 1. The molecule has 4 rings (SSSR count). The molecular weight excluding hydrogens is 436 g/mol. The second-order valence-electron chi connectivity index (χ2n) is 8.33. The van der Waals surface area contributed by atoms with Crippen LogP contribution in [0.1, 0.15) is 37.7 Å². The fourth-order valence-corrected chi connectivity index (χ4v) is 6.15. The van der Waals surface area contributed by atoms with Crippen molar-refractivity contribution in [2.75, 3.05) is 32.8 Å². The second-order valence-corrected chi connectivity index (χ2v) is 10.2. The van der Waals surface area contributed by atoms with Crippen LogP contribution in [0, 0.1) is 0 Å². The highest BCUT2D eigenvalue weighted by atomic mass is 32.2. The molecule has 1 saturated carbocycles. The van der Waals surface area contributed by atoms with Crippen molar-refractivity contribution in [3.8, 4) is 0 Å². The van der Waals surface area contributed by atoms with Crippen LogP contribution in [-0.2, 0) is 30.9 Å². The van der Waals surface area contributed by atoms with Crippen LogP contribution < -0.4 is 10.6 Å². The number of nitrogens with one attached hydrogen (secondary N) is 2. The number of hydrogen-bond acceptors (Lipinski definition) is 6. The van der Waals surface area contributed by atoms with Crippen molar-refractivity contribution in [3.05, 3.63) is 29.8 Å². The lowest BCUT2D eigenvalue weighted by atomic mass is 9.98. The van der Waals surface area contributed by atoms with E-state index in [-0.39, 0.29) is 49.3 Å². The van der Waals surface area contributed by atoms with E-state index >= 15 is 0 Å². The zero-order valence-corrected chi connectivity index (χ0v) is 18.7. The first kappa shape index (κ1) is 22.7. The summed E-state index contributed by atoms with van der Waals surface area (Å²) in [6, 6.07) is 6.10. The Morgan fingerprint density at radius 3 is 2.53 bits per heavy atom. The average molecular weight is 465 g/mol. The number of ether oxygens (including phenoxy) is 1. The van der Waals surface area contributed by atoms with Gasteiger partial charge in [-0.25, -0.2) is 13.2 Å². The number of imide groups is 1. The van der Waals surface area contributed by atoms with Crippen LogP contribution in [0.4, 0.5) is 4.79 Å². The summed E-state index contributed by atoms with van der Waals surface area (Å²) >= 11 is 0. The molecular formula is C21H28N4O6S. The number of hydrogen-bond donors (Lipinski definition) is 2. The SMILES string of the molecule is O=C(CCN1C(=O)NC2(CCCC2)C1=O)NCc1ccccc1S(=O)(=O)N1CCOCC1. The smallest absolute Gasteiger partial charge is 0.325 e. The molecule has 0 aromatic heterocycles. The van der Waals surface area contributed by atoms with Gasteiger partial charge in [0.05, 0.1) is 18.1 Å². The summed E-state index contributed by atoms with van der Waals surface area (Å²) in [5.74, 6) is -0.619. The molecule has 2 heterocycles. The molecule has 10 nitrogen and oxygen atoms in total. The van der Waals surface area contributed by atoms with Crippen molar-refractivity contribution < 1.29 is 27.5 Å². The number of benzene rings is 1. The molecule has 174 valence electrons. The van der Waals surface area contributed by atoms with Gasteiger partial charge in [0.25, 0.3) is 5.91 Å². The van der Waals surface area contributed by atoms with Crippen LogP contribution in [0.15, 0.2) is 29.2 Å². The summed E-state index contributed by atoms with van der Waals surface area (Å²) in [5.41, 5.74) is -0.312. The van der Waals surface area contributed by atoms with Gasteiger partial charge in [-0.2, -0.15) is 4.31 Å². The van der Waals surface area contributed by atoms with Gasteiger partial charge in [-0.15, -0.1) is 0 Å². The highest BCUT2D eigenvalue weighted by Gasteiger charge is 2.52. The van der Waals surface area contributed by atoms with E-state index in [0.717, 1.165) is 17.7 Å². The summed E-state index contributed by atoms with van der Waals surface area (Å²) in [6.45, 7) is 1.30. The van der Waals surface area contributed by atoms with E-state index in [1.54, 1.807) is 18.2 Å². The minimum absolute atomic E-state index is 0.00796. The number of urea groups is 1. The second kappa shape index (κ2) is 9.16. The van der Waals surface area contributed by atoms with Crippen molar-refractivity contribution in [1.29, 1.82) is 0 Å². The molecule has 11 heteroatoms. The van der Waals surface area contributed by atoms with Crippen LogP contribution in [-0.4, -0.2) is 73.9 Å². The summed E-state index contributed by atoms with van der Waals surface area (Å²) in [5, 5.41) is 5.50. The third-order valence-electron chi connectivity index (χ3n) is 6.30. The molecule has 0 atom stereocenters. The number of nitrogens with zero attached hydrogens (tertiary/aromatic N) is 2. The Balaban J connectivity index is 1.35. The van der Waals surface area contributed by atoms with Gasteiger partial charge in [0.1, 0.15) is 5.54 Å². The third-order valence-corrected chi connectivity index (χ3v) is 8.30. The van der Waals surface area contributed by atoms with E-state index in [9.17, 15) is 22.8 Å². The van der Waals surface area contributed by atoms with Crippen molar-refractivity contribution in [2.24, 2.45) is 0 Å². The summed E-state index contributed by atoms with van der Waals surface area (Å²) in [7, 11) is -3.70. The standard InChI is InChI=1S/C21H28N4O6S/c26-18(7-10-25-19(27)21(23-20(25)28)8-3-4-9-21)22-15-16-5-1-2-6-17(16)32(29,30)24-11-13-31-14-12-24/h1-2,5-6H,3-4,7-15H2,(H,22,26)(H,23,28). The van der Waals surface area contributed by atoms with Gasteiger partial charge in [0.2, 0.25) is 15.9 Å². The van der Waals surface area contributed by atoms with Crippen LogP contribution >= 0.6 is 0 Å². The third kappa shape index (κ3) is 4.37. The van der Waals surface area contributed by atoms with Crippen molar-refractivity contribution in [1.82, 2.24) is 19.8 Å². The molecule has 0 radical (unpaired) electrons. The summed E-state index contributed by atoms with van der Waals surface area (Å²) < 4.78 is 32.7. The number of carbonyl (C=O) groups excluding carboxylic acids is 3. The molecule has 1 spiro atoms. The maximum atomic E-state index is 13.0. The largest absolute Gasteiger partial charge is 0.379 e. The number of rotatable bonds is 7. The Hall–Kier alpha value is -2.50. The van der Waals surface area contributed by atoms with E-state index in [1.807, 2.05) is 0 Å². The number of sulfonamides is 1. The molecule has 1 aromatic rings. The first-order valence-corrected chi connectivity index (χ1v) is 12.3. The van der Waals surface area contributed by atoms with Gasteiger partial charge in [0.15, 0.2) is 0 Å². The summed E-state index contributed by atoms with van der Waals surface area (Å²) in [4.78, 5) is 38.6. The zero-order valence-electron chi connectivity index (χ0n) is 17.8. The van der Waals surface area contributed by atoms with Crippen molar-refractivity contribution in [3.63, 3.8) is 0 Å². The van der Waals surface area contributed by atoms with Crippen molar-refractivity contribution in [2.45, 2.75) is 49.1 Å². The Labute approximate surface area is 187 Å². The Morgan fingerprint density at radius 2 is 1.81 bits per heavy atom. The predicted molar refractivity (Wildman–Crippen MR) is 114 cm³/mol. The average Bonchev–Trinajstić information content (AvgIpc) is 3.36. The Bertz CT molecular complexity index is 999. The van der Waals surface area contributed by atoms with Gasteiger partial charge >= 0.3 is 6.03 Å². The number of amides is 4. The van der Waals surface area contributed by atoms with E-state index < -0.39 is 21.6 Å². The minimum atomic E-state index is -3.70. The zero-order chi connectivity index (χ0) is 22.8. The van der Waals surface area contributed by atoms with Gasteiger partial charge in [-0.3, -0.25) is 14.5 Å². The van der Waals surface area contributed by atoms with Gasteiger partial charge in [0, 0.05) is 32.6 Å². The Morgan fingerprint density at radius 1 is 1.12 bits per heavy atom. The first-order valence-electron chi connectivity index (χ1n) is 10.9. The topological polar surface area (TPSA) is 125 Å². The molecule has 2 N–H and O–H groups in total. The van der Waals surface area contributed by atoms with Gasteiger partial charge < -0.3 is 15.4 Å². The summed E-state index contributed by atoms with van der Waals surface area (Å²) in [6.07, 6.45) is 3.01. The number of carbonyl (C=O) groups is 3. The fourth-order valence-electron chi connectivity index (χ4n) is 4.52. The molecule has 0 bridgehead atoms. The molecule has 1 aromatic carbocycles. The maximum Gasteiger partial charge on any atom is 0.325 e. The molecule has 1 aliphatic carbocycles. The predicted octanol–water partition coefficient (Wildman–Crippen LogP) is 0.578.